The van der Waals surface area contributed by atoms with E-state index < -0.39 is 0 Å². The van der Waals surface area contributed by atoms with Gasteiger partial charge in [-0.25, -0.2) is 4.39 Å². The Kier molecular flexibility index (Phi) is 4.21. The third-order valence-corrected chi connectivity index (χ3v) is 4.37. The normalized spacial score (nSPS) is 10.5. The molecular weight excluding hydrogens is 329 g/mol. The number of nitrogens with two attached hydrogens (primary N) is 1. The SMILES string of the molecule is CN(Cc1cc(Br)cs1)c1ccc(C(=N)N)cc1F. The van der Waals surface area contributed by atoms with E-state index in [1.54, 1.807) is 23.5 Å². The lowest BCUT2D eigenvalue weighted by atomic mass is 10.1. The van der Waals surface area contributed by atoms with Gasteiger partial charge in [0.05, 0.1) is 12.2 Å². The number of halogens is 2. The minimum Gasteiger partial charge on any atom is -0.384 e. The second kappa shape index (κ2) is 5.71. The van der Waals surface area contributed by atoms with Crippen molar-refractivity contribution in [1.29, 1.82) is 5.41 Å². The van der Waals surface area contributed by atoms with E-state index in [0.717, 1.165) is 9.35 Å². The van der Waals surface area contributed by atoms with Gasteiger partial charge in [0.1, 0.15) is 11.7 Å². The van der Waals surface area contributed by atoms with E-state index in [1.165, 1.54) is 6.07 Å². The van der Waals surface area contributed by atoms with Crippen LogP contribution in [0.5, 0.6) is 0 Å². The molecule has 3 nitrogen and oxygen atoms in total. The first-order chi connectivity index (χ1) is 8.97. The van der Waals surface area contributed by atoms with Crippen molar-refractivity contribution in [3.05, 3.63) is 50.4 Å². The average molecular weight is 342 g/mol. The smallest absolute Gasteiger partial charge is 0.147 e. The van der Waals surface area contributed by atoms with Crippen LogP contribution in [0, 0.1) is 11.2 Å². The summed E-state index contributed by atoms with van der Waals surface area (Å²) >= 11 is 5.02. The molecule has 1 aromatic heterocycles. The van der Waals surface area contributed by atoms with Gasteiger partial charge >= 0.3 is 0 Å². The Morgan fingerprint density at radius 2 is 2.21 bits per heavy atom. The molecule has 0 radical (unpaired) electrons. The standard InChI is InChI=1S/C13H13BrFN3S/c1-18(6-10-5-9(14)7-19-10)12-3-2-8(13(16)17)4-11(12)15/h2-5,7H,6H2,1H3,(H3,16,17). The van der Waals surface area contributed by atoms with E-state index in [-0.39, 0.29) is 11.7 Å². The number of hydrogen-bond acceptors (Lipinski definition) is 3. The molecule has 0 atom stereocenters. The number of nitrogens with zero attached hydrogens (tertiary/aromatic N) is 1. The maximum Gasteiger partial charge on any atom is 0.147 e. The van der Waals surface area contributed by atoms with Gasteiger partial charge in [0.2, 0.25) is 0 Å². The van der Waals surface area contributed by atoms with Crippen molar-refractivity contribution in [2.75, 3.05) is 11.9 Å². The molecule has 0 unspecified atom stereocenters. The van der Waals surface area contributed by atoms with Crippen LogP contribution < -0.4 is 10.6 Å². The number of hydrogen-bond donors (Lipinski definition) is 2. The summed E-state index contributed by atoms with van der Waals surface area (Å²) in [5, 5.41) is 9.28. The van der Waals surface area contributed by atoms with Gasteiger partial charge in [0.15, 0.2) is 0 Å². The average Bonchev–Trinajstić information content (AvgIpc) is 2.74. The van der Waals surface area contributed by atoms with Crippen LogP contribution in [-0.2, 0) is 6.54 Å². The minimum atomic E-state index is -0.370. The van der Waals surface area contributed by atoms with Gasteiger partial charge in [-0.2, -0.15) is 0 Å². The van der Waals surface area contributed by atoms with Crippen molar-refractivity contribution in [2.24, 2.45) is 5.73 Å². The lowest BCUT2D eigenvalue weighted by Gasteiger charge is -2.19. The lowest BCUT2D eigenvalue weighted by Crippen LogP contribution is -2.18. The van der Waals surface area contributed by atoms with E-state index in [9.17, 15) is 4.39 Å². The molecule has 2 rings (SSSR count). The molecule has 0 aliphatic rings. The van der Waals surface area contributed by atoms with Crippen LogP contribution in [0.1, 0.15) is 10.4 Å². The predicted molar refractivity (Wildman–Crippen MR) is 81.5 cm³/mol. The van der Waals surface area contributed by atoms with Gasteiger partial charge in [0.25, 0.3) is 0 Å². The van der Waals surface area contributed by atoms with Crippen LogP contribution in [-0.4, -0.2) is 12.9 Å². The summed E-state index contributed by atoms with van der Waals surface area (Å²) in [6.45, 7) is 0.632. The van der Waals surface area contributed by atoms with Gasteiger partial charge in [-0.05, 0) is 40.2 Å². The Balaban J connectivity index is 2.19. The van der Waals surface area contributed by atoms with Crippen molar-refractivity contribution in [3.63, 3.8) is 0 Å². The van der Waals surface area contributed by atoms with Crippen LogP contribution in [0.3, 0.4) is 0 Å². The first kappa shape index (κ1) is 14.0. The molecule has 2 aromatic rings. The highest BCUT2D eigenvalue weighted by Crippen LogP contribution is 2.25. The molecule has 0 aliphatic carbocycles. The molecule has 0 amide bonds. The molecule has 0 spiro atoms. The first-order valence-electron chi connectivity index (χ1n) is 5.55. The van der Waals surface area contributed by atoms with Crippen molar-refractivity contribution in [3.8, 4) is 0 Å². The summed E-state index contributed by atoms with van der Waals surface area (Å²) in [4.78, 5) is 2.97. The van der Waals surface area contributed by atoms with Crippen LogP contribution in [0.25, 0.3) is 0 Å². The number of rotatable bonds is 4. The molecule has 3 N–H and O–H groups in total. The molecule has 0 bridgehead atoms. The second-order valence-corrected chi connectivity index (χ2v) is 6.08. The fourth-order valence-electron chi connectivity index (χ4n) is 1.74. The summed E-state index contributed by atoms with van der Waals surface area (Å²) in [5.41, 5.74) is 6.23. The van der Waals surface area contributed by atoms with E-state index in [4.69, 9.17) is 11.1 Å². The van der Waals surface area contributed by atoms with Crippen LogP contribution in [0.4, 0.5) is 10.1 Å². The largest absolute Gasteiger partial charge is 0.384 e. The molecule has 0 fully saturated rings. The maximum absolute atomic E-state index is 14.0. The van der Waals surface area contributed by atoms with E-state index in [1.807, 2.05) is 23.4 Å². The highest BCUT2D eigenvalue weighted by Gasteiger charge is 2.10. The summed E-state index contributed by atoms with van der Waals surface area (Å²) < 4.78 is 15.0. The number of amidine groups is 1. The molecule has 0 aliphatic heterocycles. The highest BCUT2D eigenvalue weighted by atomic mass is 79.9. The predicted octanol–water partition coefficient (Wildman–Crippen LogP) is 3.57. The molecule has 0 saturated carbocycles. The minimum absolute atomic E-state index is 0.129. The lowest BCUT2D eigenvalue weighted by molar-refractivity contribution is 0.622. The molecule has 1 aromatic carbocycles. The van der Waals surface area contributed by atoms with Gasteiger partial charge in [0, 0.05) is 27.3 Å². The van der Waals surface area contributed by atoms with E-state index >= 15 is 0 Å². The van der Waals surface area contributed by atoms with Gasteiger partial charge < -0.3 is 10.6 Å². The fourth-order valence-corrected chi connectivity index (χ4v) is 3.24. The third-order valence-electron chi connectivity index (χ3n) is 2.68. The summed E-state index contributed by atoms with van der Waals surface area (Å²) in [7, 11) is 1.83. The number of benzene rings is 1. The number of anilines is 1. The second-order valence-electron chi connectivity index (χ2n) is 4.17. The Morgan fingerprint density at radius 1 is 1.47 bits per heavy atom. The van der Waals surface area contributed by atoms with Crippen LogP contribution in [0.15, 0.2) is 34.1 Å². The molecular formula is C13H13BrFN3S. The maximum atomic E-state index is 14.0. The van der Waals surface area contributed by atoms with Crippen LogP contribution in [0.2, 0.25) is 0 Å². The highest BCUT2D eigenvalue weighted by molar-refractivity contribution is 9.10. The Labute approximate surface area is 123 Å². The topological polar surface area (TPSA) is 53.1 Å². The molecule has 0 saturated heterocycles. The Morgan fingerprint density at radius 3 is 2.74 bits per heavy atom. The quantitative estimate of drug-likeness (QED) is 0.659. The van der Waals surface area contributed by atoms with Crippen molar-refractivity contribution >= 4 is 38.8 Å². The molecule has 100 valence electrons. The number of thiophene rings is 1. The van der Waals surface area contributed by atoms with Crippen molar-refractivity contribution < 1.29 is 4.39 Å². The zero-order valence-corrected chi connectivity index (χ0v) is 12.7. The zero-order chi connectivity index (χ0) is 14.0. The van der Waals surface area contributed by atoms with Gasteiger partial charge in [-0.15, -0.1) is 11.3 Å². The first-order valence-corrected chi connectivity index (χ1v) is 7.22. The number of nitrogen functional groups attached to an aromatic ring is 1. The van der Waals surface area contributed by atoms with Crippen molar-refractivity contribution in [1.82, 2.24) is 0 Å². The molecule has 1 heterocycles. The Bertz CT molecular complexity index is 612. The summed E-state index contributed by atoms with van der Waals surface area (Å²) in [6, 6.07) is 6.61. The summed E-state index contributed by atoms with van der Waals surface area (Å²) in [6.07, 6.45) is 0. The number of nitrogens with one attached hydrogen (secondary N) is 1. The van der Waals surface area contributed by atoms with Crippen LogP contribution >= 0.6 is 27.3 Å². The zero-order valence-electron chi connectivity index (χ0n) is 10.3. The molecule has 19 heavy (non-hydrogen) atoms. The fraction of sp³-hybridized carbons (Fsp3) is 0.154. The van der Waals surface area contributed by atoms with Gasteiger partial charge in [-0.3, -0.25) is 5.41 Å². The van der Waals surface area contributed by atoms with E-state index in [0.29, 0.717) is 17.8 Å². The molecule has 6 heteroatoms. The van der Waals surface area contributed by atoms with E-state index in [2.05, 4.69) is 15.9 Å². The summed E-state index contributed by atoms with van der Waals surface area (Å²) in [5.74, 6) is -0.499. The van der Waals surface area contributed by atoms with Gasteiger partial charge in [-0.1, -0.05) is 0 Å². The Hall–Kier alpha value is -1.40. The monoisotopic (exact) mass is 341 g/mol. The van der Waals surface area contributed by atoms with Crippen molar-refractivity contribution in [2.45, 2.75) is 6.54 Å². The third kappa shape index (κ3) is 3.33.